The molecule has 0 spiro atoms. The highest BCUT2D eigenvalue weighted by atomic mass is 32.2. The molecule has 0 aliphatic carbocycles. The van der Waals surface area contributed by atoms with Gasteiger partial charge in [0.05, 0.1) is 17.7 Å². The lowest BCUT2D eigenvalue weighted by Gasteiger charge is -2.15. The molecule has 0 radical (unpaired) electrons. The van der Waals surface area contributed by atoms with Crippen molar-refractivity contribution >= 4 is 21.6 Å². The third-order valence-corrected chi connectivity index (χ3v) is 5.70. The fourth-order valence-corrected chi connectivity index (χ4v) is 4.11. The van der Waals surface area contributed by atoms with Gasteiger partial charge >= 0.3 is 0 Å². The molecule has 2 rings (SSSR count). The molecule has 0 heterocycles. The van der Waals surface area contributed by atoms with Gasteiger partial charge in [0, 0.05) is 11.6 Å². The van der Waals surface area contributed by atoms with Crippen LogP contribution in [0.1, 0.15) is 42.6 Å². The number of ether oxygens (including phenoxy) is 1. The second-order valence-electron chi connectivity index (χ2n) is 6.45. The molecule has 0 saturated heterocycles. The molecule has 1 unspecified atom stereocenters. The van der Waals surface area contributed by atoms with Crippen molar-refractivity contribution in [1.29, 1.82) is 0 Å². The lowest BCUT2D eigenvalue weighted by atomic mass is 10.1. The molecular formula is C20H26N2O4S. The summed E-state index contributed by atoms with van der Waals surface area (Å²) in [5.41, 5.74) is 1.20. The van der Waals surface area contributed by atoms with Crippen molar-refractivity contribution in [1.82, 2.24) is 5.32 Å². The van der Waals surface area contributed by atoms with Crippen molar-refractivity contribution in [2.75, 3.05) is 11.8 Å². The summed E-state index contributed by atoms with van der Waals surface area (Å²) in [6.45, 7) is 5.66. The van der Waals surface area contributed by atoms with Crippen molar-refractivity contribution in [2.24, 2.45) is 0 Å². The van der Waals surface area contributed by atoms with Crippen LogP contribution in [0.2, 0.25) is 0 Å². The fraction of sp³-hybridized carbons (Fsp3) is 0.350. The van der Waals surface area contributed by atoms with E-state index < -0.39 is 10.0 Å². The Labute approximate surface area is 161 Å². The number of hydrogen-bond donors (Lipinski definition) is 2. The molecule has 0 aliphatic rings. The average Bonchev–Trinajstić information content (AvgIpc) is 2.62. The van der Waals surface area contributed by atoms with Gasteiger partial charge in [-0.1, -0.05) is 31.5 Å². The first-order valence-corrected chi connectivity index (χ1v) is 10.3. The highest BCUT2D eigenvalue weighted by Crippen LogP contribution is 2.27. The third-order valence-electron chi connectivity index (χ3n) is 4.19. The van der Waals surface area contributed by atoms with E-state index in [1.54, 1.807) is 43.3 Å². The van der Waals surface area contributed by atoms with Crippen molar-refractivity contribution in [2.45, 2.75) is 44.6 Å². The molecule has 6 nitrogen and oxygen atoms in total. The minimum Gasteiger partial charge on any atom is -0.495 e. The van der Waals surface area contributed by atoms with Crippen LogP contribution >= 0.6 is 0 Å². The summed E-state index contributed by atoms with van der Waals surface area (Å²) in [6, 6.07) is 11.5. The van der Waals surface area contributed by atoms with Crippen LogP contribution in [-0.4, -0.2) is 27.5 Å². The summed E-state index contributed by atoms with van der Waals surface area (Å²) in [5, 5.41) is 2.89. The fourth-order valence-electron chi connectivity index (χ4n) is 2.77. The first-order valence-electron chi connectivity index (χ1n) is 8.85. The molecular weight excluding hydrogens is 364 g/mol. The van der Waals surface area contributed by atoms with E-state index >= 15 is 0 Å². The van der Waals surface area contributed by atoms with Crippen LogP contribution in [-0.2, 0) is 10.0 Å². The minimum absolute atomic E-state index is 0.0237. The number of benzene rings is 2. The van der Waals surface area contributed by atoms with Crippen molar-refractivity contribution in [3.05, 3.63) is 53.6 Å². The summed E-state index contributed by atoms with van der Waals surface area (Å²) in [5.74, 6) is 0.130. The van der Waals surface area contributed by atoms with E-state index in [9.17, 15) is 13.2 Å². The van der Waals surface area contributed by atoms with Crippen LogP contribution in [0.25, 0.3) is 0 Å². The molecule has 0 saturated carbocycles. The molecule has 0 fully saturated rings. The highest BCUT2D eigenvalue weighted by Gasteiger charge is 2.21. The van der Waals surface area contributed by atoms with E-state index in [1.807, 2.05) is 13.8 Å². The molecule has 2 aromatic rings. The average molecular weight is 391 g/mol. The first-order chi connectivity index (χ1) is 12.8. The maximum absolute atomic E-state index is 12.9. The lowest BCUT2D eigenvalue weighted by molar-refractivity contribution is 0.0938. The summed E-state index contributed by atoms with van der Waals surface area (Å²) >= 11 is 0. The molecule has 146 valence electrons. The Morgan fingerprint density at radius 1 is 1.19 bits per heavy atom. The highest BCUT2D eigenvalue weighted by molar-refractivity contribution is 7.92. The topological polar surface area (TPSA) is 84.5 Å². The van der Waals surface area contributed by atoms with E-state index in [2.05, 4.69) is 10.0 Å². The zero-order valence-electron chi connectivity index (χ0n) is 16.1. The van der Waals surface area contributed by atoms with Gasteiger partial charge in [0.1, 0.15) is 5.75 Å². The van der Waals surface area contributed by atoms with Crippen LogP contribution in [0, 0.1) is 6.92 Å². The number of hydrogen-bond acceptors (Lipinski definition) is 4. The number of nitrogens with one attached hydrogen (secondary N) is 2. The Kier molecular flexibility index (Phi) is 6.85. The maximum atomic E-state index is 12.9. The van der Waals surface area contributed by atoms with E-state index in [-0.39, 0.29) is 16.8 Å². The SMILES string of the molecule is CCCC(C)NC(=O)c1ccc(C)c(S(=O)(=O)Nc2ccccc2OC)c1. The van der Waals surface area contributed by atoms with Gasteiger partial charge in [0.2, 0.25) is 0 Å². The van der Waals surface area contributed by atoms with Gasteiger partial charge in [-0.05, 0) is 50.1 Å². The molecule has 1 atom stereocenters. The molecule has 2 aromatic carbocycles. The van der Waals surface area contributed by atoms with Crippen molar-refractivity contribution < 1.29 is 17.9 Å². The summed E-state index contributed by atoms with van der Waals surface area (Å²) in [6.07, 6.45) is 1.82. The molecule has 1 amide bonds. The van der Waals surface area contributed by atoms with Crippen LogP contribution in [0.3, 0.4) is 0 Å². The minimum atomic E-state index is -3.88. The number of anilines is 1. The Balaban J connectivity index is 2.32. The van der Waals surface area contributed by atoms with E-state index in [4.69, 9.17) is 4.74 Å². The largest absolute Gasteiger partial charge is 0.495 e. The summed E-state index contributed by atoms with van der Waals surface area (Å²) in [4.78, 5) is 12.5. The van der Waals surface area contributed by atoms with Crippen molar-refractivity contribution in [3.8, 4) is 5.75 Å². The van der Waals surface area contributed by atoms with Crippen LogP contribution in [0.5, 0.6) is 5.75 Å². The normalized spacial score (nSPS) is 12.3. The van der Waals surface area contributed by atoms with Gasteiger partial charge in [0.25, 0.3) is 15.9 Å². The molecule has 0 aliphatic heterocycles. The van der Waals surface area contributed by atoms with Crippen LogP contribution in [0.15, 0.2) is 47.4 Å². The predicted octanol–water partition coefficient (Wildman–Crippen LogP) is 3.72. The zero-order chi connectivity index (χ0) is 20.0. The second-order valence-corrected chi connectivity index (χ2v) is 8.10. The zero-order valence-corrected chi connectivity index (χ0v) is 16.9. The third kappa shape index (κ3) is 5.23. The van der Waals surface area contributed by atoms with Crippen LogP contribution < -0.4 is 14.8 Å². The molecule has 27 heavy (non-hydrogen) atoms. The Bertz CT molecular complexity index is 910. The number of rotatable bonds is 8. The summed E-state index contributed by atoms with van der Waals surface area (Å²) < 4.78 is 33.5. The van der Waals surface area contributed by atoms with Gasteiger partial charge in [-0.15, -0.1) is 0 Å². The van der Waals surface area contributed by atoms with Gasteiger partial charge in [-0.2, -0.15) is 0 Å². The smallest absolute Gasteiger partial charge is 0.262 e. The van der Waals surface area contributed by atoms with E-state index in [1.165, 1.54) is 13.2 Å². The lowest BCUT2D eigenvalue weighted by Crippen LogP contribution is -2.32. The second kappa shape index (κ2) is 8.90. The monoisotopic (exact) mass is 390 g/mol. The van der Waals surface area contributed by atoms with Gasteiger partial charge in [-0.3, -0.25) is 9.52 Å². The maximum Gasteiger partial charge on any atom is 0.262 e. The number of methoxy groups -OCH3 is 1. The number of sulfonamides is 1. The first kappa shape index (κ1) is 20.8. The Morgan fingerprint density at radius 3 is 2.56 bits per heavy atom. The number of amides is 1. The number of para-hydroxylation sites is 2. The van der Waals surface area contributed by atoms with Gasteiger partial charge in [0.15, 0.2) is 0 Å². The van der Waals surface area contributed by atoms with Gasteiger partial charge < -0.3 is 10.1 Å². The number of aryl methyl sites for hydroxylation is 1. The van der Waals surface area contributed by atoms with E-state index in [0.717, 1.165) is 12.8 Å². The Hall–Kier alpha value is -2.54. The molecule has 0 bridgehead atoms. The molecule has 2 N–H and O–H groups in total. The molecule has 0 aromatic heterocycles. The Morgan fingerprint density at radius 2 is 1.89 bits per heavy atom. The standard InChI is InChI=1S/C20H26N2O4S/c1-5-8-15(3)21-20(23)16-12-11-14(2)19(13-16)27(24,25)22-17-9-6-7-10-18(17)26-4/h6-7,9-13,15,22H,5,8H2,1-4H3,(H,21,23). The van der Waals surface area contributed by atoms with Crippen molar-refractivity contribution in [3.63, 3.8) is 0 Å². The summed E-state index contributed by atoms with van der Waals surface area (Å²) in [7, 11) is -2.41. The number of carbonyl (C=O) groups is 1. The number of carbonyl (C=O) groups excluding carboxylic acids is 1. The van der Waals surface area contributed by atoms with E-state index in [0.29, 0.717) is 22.6 Å². The molecule has 7 heteroatoms. The van der Waals surface area contributed by atoms with Gasteiger partial charge in [-0.25, -0.2) is 8.42 Å². The predicted molar refractivity (Wildman–Crippen MR) is 107 cm³/mol. The van der Waals surface area contributed by atoms with Crippen LogP contribution in [0.4, 0.5) is 5.69 Å². The quantitative estimate of drug-likeness (QED) is 0.719.